The summed E-state index contributed by atoms with van der Waals surface area (Å²) in [7, 11) is 1.60. The quantitative estimate of drug-likeness (QED) is 0.644. The van der Waals surface area contributed by atoms with E-state index < -0.39 is 0 Å². The molecule has 2 aromatic carbocycles. The SMILES string of the molecule is COc1cc(/C=N/n2cnnc2)ccc1OCc1cccc(Cl)c1. The molecule has 0 fully saturated rings. The minimum atomic E-state index is 0.408. The van der Waals surface area contributed by atoms with E-state index in [1.54, 1.807) is 13.3 Å². The third kappa shape index (κ3) is 4.11. The molecule has 1 heterocycles. The number of methoxy groups -OCH3 is 1. The lowest BCUT2D eigenvalue weighted by Crippen LogP contribution is -1.98. The highest BCUT2D eigenvalue weighted by Gasteiger charge is 2.06. The van der Waals surface area contributed by atoms with Gasteiger partial charge in [-0.3, -0.25) is 0 Å². The fraction of sp³-hybridized carbons (Fsp3) is 0.118. The normalized spacial score (nSPS) is 10.9. The Labute approximate surface area is 144 Å². The largest absolute Gasteiger partial charge is 0.493 e. The molecule has 0 spiro atoms. The van der Waals surface area contributed by atoms with Crippen LogP contribution in [0.25, 0.3) is 0 Å². The van der Waals surface area contributed by atoms with Gasteiger partial charge in [0.2, 0.25) is 0 Å². The third-order valence-electron chi connectivity index (χ3n) is 3.22. The van der Waals surface area contributed by atoms with Crippen LogP contribution in [0.5, 0.6) is 11.5 Å². The molecule has 0 N–H and O–H groups in total. The van der Waals surface area contributed by atoms with E-state index in [2.05, 4.69) is 15.3 Å². The summed E-state index contributed by atoms with van der Waals surface area (Å²) in [6.07, 6.45) is 4.71. The summed E-state index contributed by atoms with van der Waals surface area (Å²) in [5.41, 5.74) is 1.86. The van der Waals surface area contributed by atoms with Crippen molar-refractivity contribution in [2.75, 3.05) is 7.11 Å². The van der Waals surface area contributed by atoms with Crippen molar-refractivity contribution in [1.82, 2.24) is 14.9 Å². The average Bonchev–Trinajstić information content (AvgIpc) is 3.12. The molecule has 0 atom stereocenters. The Morgan fingerprint density at radius 2 is 1.96 bits per heavy atom. The first-order valence-electron chi connectivity index (χ1n) is 7.19. The highest BCUT2D eigenvalue weighted by molar-refractivity contribution is 6.30. The third-order valence-corrected chi connectivity index (χ3v) is 3.45. The lowest BCUT2D eigenvalue weighted by Gasteiger charge is -2.11. The van der Waals surface area contributed by atoms with Crippen molar-refractivity contribution < 1.29 is 9.47 Å². The fourth-order valence-electron chi connectivity index (χ4n) is 2.06. The molecule has 24 heavy (non-hydrogen) atoms. The molecule has 0 unspecified atom stereocenters. The summed E-state index contributed by atoms with van der Waals surface area (Å²) in [6, 6.07) is 13.1. The molecule has 6 nitrogen and oxygen atoms in total. The maximum atomic E-state index is 5.98. The average molecular weight is 343 g/mol. The lowest BCUT2D eigenvalue weighted by molar-refractivity contribution is 0.284. The lowest BCUT2D eigenvalue weighted by atomic mass is 10.2. The number of ether oxygens (including phenoxy) is 2. The highest BCUT2D eigenvalue weighted by Crippen LogP contribution is 2.28. The van der Waals surface area contributed by atoms with E-state index in [0.29, 0.717) is 23.1 Å². The molecule has 7 heteroatoms. The van der Waals surface area contributed by atoms with Crippen molar-refractivity contribution >= 4 is 17.8 Å². The van der Waals surface area contributed by atoms with Crippen molar-refractivity contribution in [3.05, 3.63) is 71.3 Å². The van der Waals surface area contributed by atoms with Crippen molar-refractivity contribution in [3.8, 4) is 11.5 Å². The zero-order valence-electron chi connectivity index (χ0n) is 13.0. The fourth-order valence-corrected chi connectivity index (χ4v) is 2.27. The van der Waals surface area contributed by atoms with Crippen LogP contribution in [0.15, 0.2) is 60.2 Å². The predicted octanol–water partition coefficient (Wildman–Crippen LogP) is 3.40. The second kappa shape index (κ2) is 7.61. The standard InChI is InChI=1S/C17H15ClN4O2/c1-23-17-8-13(9-21-22-11-19-20-12-22)5-6-16(17)24-10-14-3-2-4-15(18)7-14/h2-9,11-12H,10H2,1H3/b21-9+. The Hall–Kier alpha value is -2.86. The molecule has 122 valence electrons. The number of benzene rings is 2. The Kier molecular flexibility index (Phi) is 5.08. The van der Waals surface area contributed by atoms with Gasteiger partial charge in [0.1, 0.15) is 19.3 Å². The van der Waals surface area contributed by atoms with Crippen LogP contribution in [-0.4, -0.2) is 28.2 Å². The van der Waals surface area contributed by atoms with Gasteiger partial charge in [-0.25, -0.2) is 4.68 Å². The summed E-state index contributed by atoms with van der Waals surface area (Å²) in [5, 5.41) is 12.3. The number of hydrogen-bond acceptors (Lipinski definition) is 5. The van der Waals surface area contributed by atoms with Gasteiger partial charge in [-0.2, -0.15) is 5.10 Å². The van der Waals surface area contributed by atoms with Crippen molar-refractivity contribution in [1.29, 1.82) is 0 Å². The molecule has 1 aromatic heterocycles. The van der Waals surface area contributed by atoms with Crippen LogP contribution < -0.4 is 9.47 Å². The van der Waals surface area contributed by atoms with Crippen LogP contribution in [0, 0.1) is 0 Å². The van der Waals surface area contributed by atoms with E-state index in [1.165, 1.54) is 17.3 Å². The van der Waals surface area contributed by atoms with E-state index in [9.17, 15) is 0 Å². The van der Waals surface area contributed by atoms with Gasteiger partial charge < -0.3 is 9.47 Å². The molecule has 0 radical (unpaired) electrons. The maximum Gasteiger partial charge on any atom is 0.161 e. The Morgan fingerprint density at radius 3 is 2.71 bits per heavy atom. The van der Waals surface area contributed by atoms with E-state index in [4.69, 9.17) is 21.1 Å². The van der Waals surface area contributed by atoms with Gasteiger partial charge in [-0.05, 0) is 41.5 Å². The van der Waals surface area contributed by atoms with E-state index >= 15 is 0 Å². The van der Waals surface area contributed by atoms with Crippen LogP contribution in [0.1, 0.15) is 11.1 Å². The van der Waals surface area contributed by atoms with E-state index in [1.807, 2.05) is 42.5 Å². The number of halogens is 1. The monoisotopic (exact) mass is 342 g/mol. The summed E-state index contributed by atoms with van der Waals surface area (Å²) in [4.78, 5) is 0. The van der Waals surface area contributed by atoms with Gasteiger partial charge in [0.05, 0.1) is 13.3 Å². The smallest absolute Gasteiger partial charge is 0.161 e. The second-order valence-electron chi connectivity index (χ2n) is 4.92. The molecule has 0 saturated heterocycles. The van der Waals surface area contributed by atoms with E-state index in [-0.39, 0.29) is 0 Å². The van der Waals surface area contributed by atoms with Crippen LogP contribution in [0.2, 0.25) is 5.02 Å². The molecule has 3 aromatic rings. The van der Waals surface area contributed by atoms with Gasteiger partial charge in [0, 0.05) is 5.02 Å². The molecule has 0 bridgehead atoms. The summed E-state index contributed by atoms with van der Waals surface area (Å²) in [6.45, 7) is 0.408. The highest BCUT2D eigenvalue weighted by atomic mass is 35.5. The molecular weight excluding hydrogens is 328 g/mol. The first kappa shape index (κ1) is 16.0. The van der Waals surface area contributed by atoms with Crippen LogP contribution >= 0.6 is 11.6 Å². The summed E-state index contributed by atoms with van der Waals surface area (Å²) >= 11 is 5.98. The number of hydrogen-bond donors (Lipinski definition) is 0. The predicted molar refractivity (Wildman–Crippen MR) is 91.8 cm³/mol. The molecule has 3 rings (SSSR count). The maximum absolute atomic E-state index is 5.98. The topological polar surface area (TPSA) is 61.5 Å². The summed E-state index contributed by atoms with van der Waals surface area (Å²) < 4.78 is 12.7. The number of rotatable bonds is 6. The van der Waals surface area contributed by atoms with E-state index in [0.717, 1.165) is 11.1 Å². The minimum absolute atomic E-state index is 0.408. The Bertz CT molecular complexity index is 834. The minimum Gasteiger partial charge on any atom is -0.493 e. The first-order chi connectivity index (χ1) is 11.7. The van der Waals surface area contributed by atoms with Crippen LogP contribution in [-0.2, 0) is 6.61 Å². The van der Waals surface area contributed by atoms with Crippen molar-refractivity contribution in [2.24, 2.45) is 5.10 Å². The zero-order chi connectivity index (χ0) is 16.8. The van der Waals surface area contributed by atoms with Crippen molar-refractivity contribution in [2.45, 2.75) is 6.61 Å². The molecular formula is C17H15ClN4O2. The molecule has 0 amide bonds. The Morgan fingerprint density at radius 1 is 1.12 bits per heavy atom. The van der Waals surface area contributed by atoms with Crippen LogP contribution in [0.3, 0.4) is 0 Å². The summed E-state index contributed by atoms with van der Waals surface area (Å²) in [5.74, 6) is 1.28. The van der Waals surface area contributed by atoms with Gasteiger partial charge in [-0.1, -0.05) is 23.7 Å². The number of nitrogens with zero attached hydrogens (tertiary/aromatic N) is 4. The number of aromatic nitrogens is 3. The van der Waals surface area contributed by atoms with Gasteiger partial charge in [0.25, 0.3) is 0 Å². The van der Waals surface area contributed by atoms with Crippen LogP contribution in [0.4, 0.5) is 0 Å². The molecule has 0 saturated carbocycles. The molecule has 0 aliphatic rings. The second-order valence-corrected chi connectivity index (χ2v) is 5.35. The Balaban J connectivity index is 1.72. The van der Waals surface area contributed by atoms with Gasteiger partial charge in [0.15, 0.2) is 11.5 Å². The van der Waals surface area contributed by atoms with Gasteiger partial charge >= 0.3 is 0 Å². The zero-order valence-corrected chi connectivity index (χ0v) is 13.7. The van der Waals surface area contributed by atoms with Gasteiger partial charge in [-0.15, -0.1) is 10.2 Å². The van der Waals surface area contributed by atoms with Crippen molar-refractivity contribution in [3.63, 3.8) is 0 Å². The molecule has 0 aliphatic carbocycles. The molecule has 0 aliphatic heterocycles. The first-order valence-corrected chi connectivity index (χ1v) is 7.56.